The predicted molar refractivity (Wildman–Crippen MR) is 131 cm³/mol. The molecule has 0 unspecified atom stereocenters. The monoisotopic (exact) mass is 499 g/mol. The summed E-state index contributed by atoms with van der Waals surface area (Å²) in [5.41, 5.74) is 1.28. The smallest absolute Gasteiger partial charge is 0.266 e. The maximum absolute atomic E-state index is 12.4. The van der Waals surface area contributed by atoms with Crippen LogP contribution >= 0.6 is 34.8 Å². The van der Waals surface area contributed by atoms with Crippen molar-refractivity contribution in [1.82, 2.24) is 0 Å². The van der Waals surface area contributed by atoms with Gasteiger partial charge in [0, 0.05) is 5.69 Å². The Morgan fingerprint density at radius 3 is 2.18 bits per heavy atom. The predicted octanol–water partition coefficient (Wildman–Crippen LogP) is 6.21. The van der Waals surface area contributed by atoms with Gasteiger partial charge in [-0.25, -0.2) is 0 Å². The van der Waals surface area contributed by atoms with Gasteiger partial charge in [-0.2, -0.15) is 5.26 Å². The van der Waals surface area contributed by atoms with Gasteiger partial charge in [-0.05, 0) is 48.0 Å². The average molecular weight is 501 g/mol. The molecule has 0 aliphatic carbocycles. The van der Waals surface area contributed by atoms with E-state index in [1.807, 2.05) is 12.1 Å². The van der Waals surface area contributed by atoms with Crippen molar-refractivity contribution in [2.75, 3.05) is 17.2 Å². The van der Waals surface area contributed by atoms with E-state index in [0.29, 0.717) is 22.0 Å². The zero-order valence-electron chi connectivity index (χ0n) is 16.9. The highest BCUT2D eigenvalue weighted by molar-refractivity contribution is 6.37. The minimum Gasteiger partial charge on any atom is -0.481 e. The van der Waals surface area contributed by atoms with E-state index in [-0.39, 0.29) is 28.0 Å². The van der Waals surface area contributed by atoms with Gasteiger partial charge >= 0.3 is 0 Å². The van der Waals surface area contributed by atoms with Gasteiger partial charge in [-0.3, -0.25) is 9.59 Å². The summed E-state index contributed by atoms with van der Waals surface area (Å²) in [4.78, 5) is 24.6. The summed E-state index contributed by atoms with van der Waals surface area (Å²) in [6.45, 7) is -0.358. The second-order valence-electron chi connectivity index (χ2n) is 6.62. The van der Waals surface area contributed by atoms with Crippen LogP contribution in [0, 0.1) is 11.3 Å². The summed E-state index contributed by atoms with van der Waals surface area (Å²) < 4.78 is 5.47. The van der Waals surface area contributed by atoms with E-state index in [1.165, 1.54) is 18.2 Å². The number of rotatable bonds is 7. The van der Waals surface area contributed by atoms with Gasteiger partial charge in [0.05, 0.1) is 20.8 Å². The lowest BCUT2D eigenvalue weighted by atomic mass is 10.1. The Bertz CT molecular complexity index is 1230. The molecule has 0 atom stereocenters. The molecule has 0 heterocycles. The third kappa shape index (κ3) is 6.74. The summed E-state index contributed by atoms with van der Waals surface area (Å²) in [6, 6.07) is 20.3. The van der Waals surface area contributed by atoms with E-state index in [4.69, 9.17) is 39.5 Å². The fourth-order valence-electron chi connectivity index (χ4n) is 2.72. The Morgan fingerprint density at radius 2 is 1.55 bits per heavy atom. The molecule has 0 saturated carbocycles. The zero-order valence-corrected chi connectivity index (χ0v) is 19.2. The van der Waals surface area contributed by atoms with Gasteiger partial charge in [-0.15, -0.1) is 0 Å². The molecule has 2 N–H and O–H groups in total. The zero-order chi connectivity index (χ0) is 23.8. The quantitative estimate of drug-likeness (QED) is 0.298. The van der Waals surface area contributed by atoms with Crippen LogP contribution in [0.2, 0.25) is 15.1 Å². The van der Waals surface area contributed by atoms with Gasteiger partial charge in [0.25, 0.3) is 11.8 Å². The third-order valence-electron chi connectivity index (χ3n) is 4.22. The first-order valence-corrected chi connectivity index (χ1v) is 10.6. The van der Waals surface area contributed by atoms with Crippen molar-refractivity contribution < 1.29 is 14.3 Å². The van der Waals surface area contributed by atoms with Gasteiger partial charge in [0.15, 0.2) is 12.4 Å². The number of para-hydroxylation sites is 2. The Labute approximate surface area is 205 Å². The summed E-state index contributed by atoms with van der Waals surface area (Å²) in [7, 11) is 0. The fraction of sp³-hybridized carbons (Fsp3) is 0.0417. The molecular formula is C24H16Cl3N3O3. The molecule has 3 aromatic rings. The van der Waals surface area contributed by atoms with Crippen molar-refractivity contribution in [2.45, 2.75) is 0 Å². The molecule has 166 valence electrons. The molecule has 0 bridgehead atoms. The van der Waals surface area contributed by atoms with Gasteiger partial charge in [-0.1, -0.05) is 65.1 Å². The molecular weight excluding hydrogens is 485 g/mol. The minimum absolute atomic E-state index is 0.0945. The first kappa shape index (κ1) is 24.1. The molecule has 0 aliphatic rings. The molecule has 0 aromatic heterocycles. The van der Waals surface area contributed by atoms with E-state index < -0.39 is 11.8 Å². The van der Waals surface area contributed by atoms with Crippen molar-refractivity contribution in [3.63, 3.8) is 0 Å². The number of hydrogen-bond acceptors (Lipinski definition) is 4. The SMILES string of the molecule is N#C/C(=C\c1cc(Cl)c(OCC(=O)Nc2ccccc2Cl)c(Cl)c1)C(=O)Nc1ccccc1. The molecule has 9 heteroatoms. The van der Waals surface area contributed by atoms with Crippen LogP contribution in [-0.4, -0.2) is 18.4 Å². The fourth-order valence-corrected chi connectivity index (χ4v) is 3.52. The third-order valence-corrected chi connectivity index (χ3v) is 5.11. The number of nitriles is 1. The first-order valence-electron chi connectivity index (χ1n) is 9.52. The standard InChI is InChI=1S/C24H16Cl3N3O3/c25-18-8-4-5-9-21(18)30-22(31)14-33-23-19(26)11-15(12-20(23)27)10-16(13-28)24(32)29-17-6-2-1-3-7-17/h1-12H,14H2,(H,29,32)(H,30,31)/b16-10+. The van der Waals surface area contributed by atoms with Gasteiger partial charge in [0.2, 0.25) is 0 Å². The van der Waals surface area contributed by atoms with E-state index in [1.54, 1.807) is 48.5 Å². The van der Waals surface area contributed by atoms with Crippen molar-refractivity contribution in [3.05, 3.63) is 92.9 Å². The number of nitrogens with one attached hydrogen (secondary N) is 2. The van der Waals surface area contributed by atoms with Crippen LogP contribution in [0.5, 0.6) is 5.75 Å². The minimum atomic E-state index is -0.576. The number of ether oxygens (including phenoxy) is 1. The number of anilines is 2. The number of benzene rings is 3. The molecule has 0 saturated heterocycles. The summed E-state index contributed by atoms with van der Waals surface area (Å²) >= 11 is 18.5. The molecule has 0 radical (unpaired) electrons. The van der Waals surface area contributed by atoms with Gasteiger partial charge in [0.1, 0.15) is 11.6 Å². The van der Waals surface area contributed by atoms with Crippen LogP contribution in [-0.2, 0) is 9.59 Å². The number of halogens is 3. The van der Waals surface area contributed by atoms with Crippen molar-refractivity contribution in [1.29, 1.82) is 5.26 Å². The summed E-state index contributed by atoms with van der Waals surface area (Å²) in [6.07, 6.45) is 1.35. The van der Waals surface area contributed by atoms with Crippen molar-refractivity contribution in [3.8, 4) is 11.8 Å². The number of amides is 2. The van der Waals surface area contributed by atoms with Crippen LogP contribution in [0.25, 0.3) is 6.08 Å². The lowest BCUT2D eigenvalue weighted by molar-refractivity contribution is -0.118. The molecule has 3 aromatic carbocycles. The number of nitrogens with zero attached hydrogens (tertiary/aromatic N) is 1. The molecule has 0 fully saturated rings. The number of carbonyl (C=O) groups excluding carboxylic acids is 2. The highest BCUT2D eigenvalue weighted by Gasteiger charge is 2.14. The molecule has 33 heavy (non-hydrogen) atoms. The Morgan fingerprint density at radius 1 is 0.909 bits per heavy atom. The molecule has 6 nitrogen and oxygen atoms in total. The Balaban J connectivity index is 1.70. The lowest BCUT2D eigenvalue weighted by Gasteiger charge is -2.12. The maximum Gasteiger partial charge on any atom is 0.266 e. The summed E-state index contributed by atoms with van der Waals surface area (Å²) in [5.74, 6) is -0.937. The van der Waals surface area contributed by atoms with Gasteiger partial charge < -0.3 is 15.4 Å². The van der Waals surface area contributed by atoms with E-state index in [0.717, 1.165) is 0 Å². The largest absolute Gasteiger partial charge is 0.481 e. The topological polar surface area (TPSA) is 91.2 Å². The van der Waals surface area contributed by atoms with E-state index in [9.17, 15) is 14.9 Å². The molecule has 2 amide bonds. The first-order chi connectivity index (χ1) is 15.9. The van der Waals surface area contributed by atoms with Crippen molar-refractivity contribution in [2.24, 2.45) is 0 Å². The van der Waals surface area contributed by atoms with Crippen LogP contribution < -0.4 is 15.4 Å². The normalized spacial score (nSPS) is 10.8. The average Bonchev–Trinajstić information content (AvgIpc) is 2.79. The van der Waals surface area contributed by atoms with E-state index >= 15 is 0 Å². The van der Waals surface area contributed by atoms with Crippen LogP contribution in [0.1, 0.15) is 5.56 Å². The second-order valence-corrected chi connectivity index (χ2v) is 7.84. The lowest BCUT2D eigenvalue weighted by Crippen LogP contribution is -2.20. The Kier molecular flexibility index (Phi) is 8.34. The molecule has 0 spiro atoms. The Hall–Kier alpha value is -3.50. The van der Waals surface area contributed by atoms with Crippen LogP contribution in [0.4, 0.5) is 11.4 Å². The highest BCUT2D eigenvalue weighted by atomic mass is 35.5. The number of hydrogen-bond donors (Lipinski definition) is 2. The van der Waals surface area contributed by atoms with Crippen molar-refractivity contribution >= 4 is 64.1 Å². The molecule has 0 aliphatic heterocycles. The van der Waals surface area contributed by atoms with Crippen LogP contribution in [0.3, 0.4) is 0 Å². The highest BCUT2D eigenvalue weighted by Crippen LogP contribution is 2.35. The summed E-state index contributed by atoms with van der Waals surface area (Å²) in [5, 5.41) is 15.3. The molecule has 3 rings (SSSR count). The number of carbonyl (C=O) groups is 2. The maximum atomic E-state index is 12.4. The van der Waals surface area contributed by atoms with E-state index in [2.05, 4.69) is 10.6 Å². The van der Waals surface area contributed by atoms with Crippen LogP contribution in [0.15, 0.2) is 72.3 Å². The second kappa shape index (κ2) is 11.4.